The van der Waals surface area contributed by atoms with E-state index in [-0.39, 0.29) is 24.1 Å². The SMILES string of the molecule is CC(=O)c1cccc(NC(=O)NC[C@](O)(CC(C)C)CN2CCC(Cc3ccc(F)cc3)CC2)c1. The summed E-state index contributed by atoms with van der Waals surface area (Å²) in [6, 6.07) is 13.1. The van der Waals surface area contributed by atoms with E-state index in [0.717, 1.165) is 37.9 Å². The molecule has 1 aliphatic heterocycles. The number of Topliss-reactive ketones (excluding diaryl/α,β-unsaturated/α-hetero) is 1. The van der Waals surface area contributed by atoms with Crippen LogP contribution in [0.3, 0.4) is 0 Å². The van der Waals surface area contributed by atoms with E-state index < -0.39 is 11.6 Å². The van der Waals surface area contributed by atoms with Crippen LogP contribution in [0.15, 0.2) is 48.5 Å². The Morgan fingerprint density at radius 2 is 1.83 bits per heavy atom. The Morgan fingerprint density at radius 1 is 1.14 bits per heavy atom. The largest absolute Gasteiger partial charge is 0.387 e. The third kappa shape index (κ3) is 8.75. The van der Waals surface area contributed by atoms with Gasteiger partial charge in [-0.25, -0.2) is 9.18 Å². The second-order valence-electron chi connectivity index (χ2n) is 10.3. The number of aliphatic hydroxyl groups is 1. The van der Waals surface area contributed by atoms with Crippen molar-refractivity contribution in [3.63, 3.8) is 0 Å². The van der Waals surface area contributed by atoms with Gasteiger partial charge in [-0.2, -0.15) is 0 Å². The average molecular weight is 484 g/mol. The van der Waals surface area contributed by atoms with E-state index in [1.54, 1.807) is 24.3 Å². The number of nitrogens with one attached hydrogen (secondary N) is 2. The minimum atomic E-state index is -1.05. The summed E-state index contributed by atoms with van der Waals surface area (Å²) in [5.41, 5.74) is 1.18. The van der Waals surface area contributed by atoms with Gasteiger partial charge in [-0.15, -0.1) is 0 Å². The van der Waals surface area contributed by atoms with Crippen molar-refractivity contribution in [2.75, 3.05) is 31.5 Å². The Bertz CT molecular complexity index is 987. The fraction of sp³-hybridized carbons (Fsp3) is 0.500. The van der Waals surface area contributed by atoms with Gasteiger partial charge in [0, 0.05) is 24.3 Å². The second kappa shape index (κ2) is 12.3. The maximum atomic E-state index is 13.2. The first-order valence-corrected chi connectivity index (χ1v) is 12.5. The Labute approximate surface area is 207 Å². The minimum Gasteiger partial charge on any atom is -0.387 e. The molecule has 0 aromatic heterocycles. The van der Waals surface area contributed by atoms with Gasteiger partial charge in [-0.1, -0.05) is 38.1 Å². The molecule has 0 radical (unpaired) electrons. The van der Waals surface area contributed by atoms with E-state index in [1.165, 1.54) is 19.1 Å². The second-order valence-corrected chi connectivity index (χ2v) is 10.3. The number of amides is 2. The van der Waals surface area contributed by atoms with E-state index in [2.05, 4.69) is 29.4 Å². The van der Waals surface area contributed by atoms with Crippen molar-refractivity contribution >= 4 is 17.5 Å². The van der Waals surface area contributed by atoms with Crippen molar-refractivity contribution in [2.24, 2.45) is 11.8 Å². The summed E-state index contributed by atoms with van der Waals surface area (Å²) in [5.74, 6) is 0.541. The minimum absolute atomic E-state index is 0.0678. The zero-order valence-electron chi connectivity index (χ0n) is 21.0. The number of nitrogens with zero attached hydrogens (tertiary/aromatic N) is 1. The van der Waals surface area contributed by atoms with Crippen LogP contribution in [0.1, 0.15) is 56.0 Å². The molecule has 190 valence electrons. The summed E-state index contributed by atoms with van der Waals surface area (Å²) in [5, 5.41) is 17.0. The van der Waals surface area contributed by atoms with E-state index in [9.17, 15) is 19.1 Å². The number of carbonyl (C=O) groups is 2. The van der Waals surface area contributed by atoms with E-state index in [4.69, 9.17) is 0 Å². The molecular formula is C28H38FN3O3. The molecule has 3 rings (SSSR count). The predicted octanol–water partition coefficient (Wildman–Crippen LogP) is 4.88. The number of rotatable bonds is 10. The van der Waals surface area contributed by atoms with Crippen LogP contribution in [0.5, 0.6) is 0 Å². The highest BCUT2D eigenvalue weighted by Gasteiger charge is 2.32. The number of carbonyl (C=O) groups excluding carboxylic acids is 2. The van der Waals surface area contributed by atoms with Gasteiger partial charge in [0.05, 0.1) is 5.60 Å². The molecular weight excluding hydrogens is 445 g/mol. The fourth-order valence-corrected chi connectivity index (χ4v) is 4.91. The van der Waals surface area contributed by atoms with E-state index >= 15 is 0 Å². The van der Waals surface area contributed by atoms with Gasteiger partial charge in [0.15, 0.2) is 5.78 Å². The van der Waals surface area contributed by atoms with Gasteiger partial charge in [-0.3, -0.25) is 4.79 Å². The lowest BCUT2D eigenvalue weighted by molar-refractivity contribution is -0.0177. The molecule has 1 heterocycles. The zero-order valence-corrected chi connectivity index (χ0v) is 21.0. The molecule has 35 heavy (non-hydrogen) atoms. The molecule has 2 amide bonds. The lowest BCUT2D eigenvalue weighted by atomic mass is 9.87. The number of β-amino-alcohol motifs (C(OH)–C–C–N with tert-alkyl or cyclic N) is 1. The van der Waals surface area contributed by atoms with Crippen LogP contribution in [-0.2, 0) is 6.42 Å². The van der Waals surface area contributed by atoms with Crippen LogP contribution in [0.25, 0.3) is 0 Å². The van der Waals surface area contributed by atoms with Crippen molar-refractivity contribution < 1.29 is 19.1 Å². The number of benzene rings is 2. The van der Waals surface area contributed by atoms with Crippen molar-refractivity contribution in [1.29, 1.82) is 0 Å². The predicted molar refractivity (Wildman–Crippen MR) is 137 cm³/mol. The lowest BCUT2D eigenvalue weighted by Gasteiger charge is -2.39. The highest BCUT2D eigenvalue weighted by molar-refractivity contribution is 5.96. The molecule has 1 fully saturated rings. The Hall–Kier alpha value is -2.77. The summed E-state index contributed by atoms with van der Waals surface area (Å²) < 4.78 is 13.2. The maximum Gasteiger partial charge on any atom is 0.319 e. The Morgan fingerprint density at radius 3 is 2.46 bits per heavy atom. The number of anilines is 1. The molecule has 7 heteroatoms. The van der Waals surface area contributed by atoms with Gasteiger partial charge in [-0.05, 0) is 87.4 Å². The van der Waals surface area contributed by atoms with Crippen LogP contribution in [0.4, 0.5) is 14.9 Å². The first kappa shape index (κ1) is 26.8. The molecule has 2 aromatic carbocycles. The number of hydrogen-bond donors (Lipinski definition) is 3. The quantitative estimate of drug-likeness (QED) is 0.421. The van der Waals surface area contributed by atoms with E-state index in [1.807, 2.05) is 12.1 Å². The summed E-state index contributed by atoms with van der Waals surface area (Å²) in [4.78, 5) is 26.4. The van der Waals surface area contributed by atoms with Crippen LogP contribution >= 0.6 is 0 Å². The van der Waals surface area contributed by atoms with Crippen molar-refractivity contribution in [3.05, 3.63) is 65.5 Å². The number of hydrogen-bond acceptors (Lipinski definition) is 4. The number of urea groups is 1. The smallest absolute Gasteiger partial charge is 0.319 e. The van der Waals surface area contributed by atoms with Gasteiger partial charge in [0.2, 0.25) is 0 Å². The third-order valence-corrected chi connectivity index (χ3v) is 6.56. The molecule has 1 atom stereocenters. The average Bonchev–Trinajstić information content (AvgIpc) is 2.80. The molecule has 3 N–H and O–H groups in total. The number of piperidine rings is 1. The summed E-state index contributed by atoms with van der Waals surface area (Å²) in [7, 11) is 0. The molecule has 0 aliphatic carbocycles. The fourth-order valence-electron chi connectivity index (χ4n) is 4.91. The van der Waals surface area contributed by atoms with Gasteiger partial charge >= 0.3 is 6.03 Å². The first-order valence-electron chi connectivity index (χ1n) is 12.5. The Balaban J connectivity index is 1.51. The van der Waals surface area contributed by atoms with Crippen LogP contribution in [0.2, 0.25) is 0 Å². The van der Waals surface area contributed by atoms with Crippen LogP contribution in [0, 0.1) is 17.7 Å². The van der Waals surface area contributed by atoms with Crippen molar-refractivity contribution in [2.45, 2.75) is 52.1 Å². The summed E-state index contributed by atoms with van der Waals surface area (Å²) in [6.45, 7) is 8.01. The number of halogens is 1. The molecule has 1 aliphatic rings. The highest BCUT2D eigenvalue weighted by Crippen LogP contribution is 2.25. The topological polar surface area (TPSA) is 81.7 Å². The maximum absolute atomic E-state index is 13.2. The zero-order chi connectivity index (χ0) is 25.4. The molecule has 2 aromatic rings. The molecule has 1 saturated heterocycles. The third-order valence-electron chi connectivity index (χ3n) is 6.56. The highest BCUT2D eigenvalue weighted by atomic mass is 19.1. The van der Waals surface area contributed by atoms with Gasteiger partial charge in [0.1, 0.15) is 5.82 Å². The molecule has 0 saturated carbocycles. The number of ketones is 1. The van der Waals surface area contributed by atoms with Gasteiger partial charge in [0.25, 0.3) is 0 Å². The first-order chi connectivity index (χ1) is 16.6. The molecule has 0 spiro atoms. The van der Waals surface area contributed by atoms with E-state index in [0.29, 0.717) is 30.1 Å². The van der Waals surface area contributed by atoms with Crippen LogP contribution < -0.4 is 10.6 Å². The molecule has 0 unspecified atom stereocenters. The van der Waals surface area contributed by atoms with Crippen molar-refractivity contribution in [1.82, 2.24) is 10.2 Å². The standard InChI is InChI=1S/C28H38FN3O3/c1-20(2)17-28(35,18-30-27(34)31-26-6-4-5-24(16-26)21(3)33)19-32-13-11-23(12-14-32)15-22-7-9-25(29)10-8-22/h4-10,16,20,23,35H,11-15,17-19H2,1-3H3,(H2,30,31,34)/t28-/m1/s1. The Kier molecular flexibility index (Phi) is 9.40. The van der Waals surface area contributed by atoms with Gasteiger partial charge < -0.3 is 20.6 Å². The number of likely N-dealkylation sites (tertiary alicyclic amines) is 1. The molecule has 6 nitrogen and oxygen atoms in total. The molecule has 0 bridgehead atoms. The summed E-state index contributed by atoms with van der Waals surface area (Å²) in [6.07, 6.45) is 3.56. The van der Waals surface area contributed by atoms with Crippen LogP contribution in [-0.4, -0.2) is 53.6 Å². The normalized spacial score (nSPS) is 16.6. The van der Waals surface area contributed by atoms with Crippen molar-refractivity contribution in [3.8, 4) is 0 Å². The summed E-state index contributed by atoms with van der Waals surface area (Å²) >= 11 is 0. The lowest BCUT2D eigenvalue weighted by Crippen LogP contribution is -2.53. The monoisotopic (exact) mass is 483 g/mol.